The minimum Gasteiger partial charge on any atom is -0.370 e. The molecule has 0 saturated carbocycles. The highest BCUT2D eigenvalue weighted by molar-refractivity contribution is 5.60. The number of nitrogens with two attached hydrogens (primary N) is 1. The molecule has 19 heavy (non-hydrogen) atoms. The molecular weight excluding hydrogens is 238 g/mol. The van der Waals surface area contributed by atoms with Gasteiger partial charge in [-0.05, 0) is 31.0 Å². The van der Waals surface area contributed by atoms with E-state index >= 15 is 0 Å². The van der Waals surface area contributed by atoms with E-state index < -0.39 is 0 Å². The van der Waals surface area contributed by atoms with E-state index in [-0.39, 0.29) is 5.95 Å². The van der Waals surface area contributed by atoms with Crippen molar-refractivity contribution in [2.75, 3.05) is 22.9 Å². The lowest BCUT2D eigenvalue weighted by molar-refractivity contribution is 1.12. The van der Waals surface area contributed by atoms with Crippen molar-refractivity contribution < 1.29 is 0 Å². The van der Waals surface area contributed by atoms with Crippen LogP contribution < -0.4 is 16.4 Å². The Morgan fingerprint density at radius 1 is 1.05 bits per heavy atom. The molecule has 100 valence electrons. The lowest BCUT2D eigenvalue weighted by Crippen LogP contribution is -2.05. The van der Waals surface area contributed by atoms with Crippen molar-refractivity contribution in [1.29, 1.82) is 0 Å². The van der Waals surface area contributed by atoms with Gasteiger partial charge >= 0.3 is 0 Å². The Labute approximate surface area is 113 Å². The van der Waals surface area contributed by atoms with Gasteiger partial charge < -0.3 is 16.4 Å². The van der Waals surface area contributed by atoms with Crippen molar-refractivity contribution in [2.24, 2.45) is 0 Å². The van der Waals surface area contributed by atoms with Crippen LogP contribution in [-0.4, -0.2) is 16.5 Å². The molecule has 1 aromatic heterocycles. The standard InChI is InChI=1S/C14H19N5/c1-3-10-5-7-11(8-6-10)17-13-9-12(16-4-2)18-14(15)19-13/h5-9H,3-4H2,1-2H3,(H4,15,16,17,18,19). The van der Waals surface area contributed by atoms with Crippen LogP contribution in [-0.2, 0) is 6.42 Å². The van der Waals surface area contributed by atoms with Gasteiger partial charge in [-0.1, -0.05) is 19.1 Å². The largest absolute Gasteiger partial charge is 0.370 e. The average molecular weight is 257 g/mol. The molecule has 0 atom stereocenters. The topological polar surface area (TPSA) is 75.9 Å². The molecule has 0 spiro atoms. The zero-order valence-electron chi connectivity index (χ0n) is 11.3. The molecule has 1 aromatic carbocycles. The monoisotopic (exact) mass is 257 g/mol. The number of benzene rings is 1. The Bertz CT molecular complexity index is 536. The first kappa shape index (κ1) is 13.1. The lowest BCUT2D eigenvalue weighted by atomic mass is 10.1. The highest BCUT2D eigenvalue weighted by Crippen LogP contribution is 2.18. The molecule has 4 N–H and O–H groups in total. The number of hydrogen-bond acceptors (Lipinski definition) is 5. The predicted molar refractivity (Wildman–Crippen MR) is 79.7 cm³/mol. The van der Waals surface area contributed by atoms with Gasteiger partial charge in [0.05, 0.1) is 0 Å². The number of nitrogens with zero attached hydrogens (tertiary/aromatic N) is 2. The van der Waals surface area contributed by atoms with Crippen molar-refractivity contribution >= 4 is 23.3 Å². The predicted octanol–water partition coefficient (Wildman–Crippen LogP) is 2.80. The van der Waals surface area contributed by atoms with Crippen LogP contribution in [0.5, 0.6) is 0 Å². The molecule has 0 aliphatic rings. The summed E-state index contributed by atoms with van der Waals surface area (Å²) in [6.07, 6.45) is 1.03. The van der Waals surface area contributed by atoms with Crippen molar-refractivity contribution in [3.63, 3.8) is 0 Å². The Hall–Kier alpha value is -2.30. The molecule has 2 aromatic rings. The molecule has 0 aliphatic carbocycles. The highest BCUT2D eigenvalue weighted by Gasteiger charge is 2.02. The van der Waals surface area contributed by atoms with Gasteiger partial charge in [-0.15, -0.1) is 0 Å². The summed E-state index contributed by atoms with van der Waals surface area (Å²) in [6, 6.07) is 10.1. The van der Waals surface area contributed by atoms with Gasteiger partial charge in [0.15, 0.2) is 0 Å². The summed E-state index contributed by atoms with van der Waals surface area (Å²) in [5.41, 5.74) is 7.98. The van der Waals surface area contributed by atoms with Crippen molar-refractivity contribution in [3.8, 4) is 0 Å². The first-order chi connectivity index (χ1) is 9.21. The number of nitrogen functional groups attached to an aromatic ring is 1. The number of aryl methyl sites for hydroxylation is 1. The van der Waals surface area contributed by atoms with Crippen LogP contribution in [0.1, 0.15) is 19.4 Å². The molecule has 0 unspecified atom stereocenters. The molecular formula is C14H19N5. The molecule has 0 aliphatic heterocycles. The van der Waals surface area contributed by atoms with Crippen molar-refractivity contribution in [1.82, 2.24) is 9.97 Å². The van der Waals surface area contributed by atoms with Crippen molar-refractivity contribution in [2.45, 2.75) is 20.3 Å². The molecule has 0 bridgehead atoms. The van der Waals surface area contributed by atoms with Crippen LogP contribution in [0.4, 0.5) is 23.3 Å². The van der Waals surface area contributed by atoms with E-state index in [0.717, 1.165) is 24.5 Å². The summed E-state index contributed by atoms with van der Waals surface area (Å²) in [5, 5.41) is 6.35. The smallest absolute Gasteiger partial charge is 0.223 e. The summed E-state index contributed by atoms with van der Waals surface area (Å²) in [5.74, 6) is 1.67. The van der Waals surface area contributed by atoms with Gasteiger partial charge in [0.25, 0.3) is 0 Å². The van der Waals surface area contributed by atoms with E-state index in [2.05, 4.69) is 39.7 Å². The summed E-state index contributed by atoms with van der Waals surface area (Å²) in [7, 11) is 0. The maximum atomic E-state index is 5.69. The number of nitrogens with one attached hydrogen (secondary N) is 2. The molecule has 2 rings (SSSR count). The molecule has 0 fully saturated rings. The third-order valence-corrected chi connectivity index (χ3v) is 2.74. The molecule has 0 radical (unpaired) electrons. The third-order valence-electron chi connectivity index (χ3n) is 2.74. The number of hydrogen-bond donors (Lipinski definition) is 3. The fraction of sp³-hybridized carbons (Fsp3) is 0.286. The first-order valence-electron chi connectivity index (χ1n) is 6.45. The Balaban J connectivity index is 2.17. The highest BCUT2D eigenvalue weighted by atomic mass is 15.1. The van der Waals surface area contributed by atoms with Gasteiger partial charge in [0.2, 0.25) is 5.95 Å². The summed E-state index contributed by atoms with van der Waals surface area (Å²) in [4.78, 5) is 8.28. The average Bonchev–Trinajstić information content (AvgIpc) is 2.39. The van der Waals surface area contributed by atoms with Crippen LogP contribution in [0.15, 0.2) is 30.3 Å². The maximum Gasteiger partial charge on any atom is 0.223 e. The quantitative estimate of drug-likeness (QED) is 0.768. The Morgan fingerprint density at radius 2 is 1.74 bits per heavy atom. The molecule has 5 heteroatoms. The van der Waals surface area contributed by atoms with E-state index in [4.69, 9.17) is 5.73 Å². The molecule has 5 nitrogen and oxygen atoms in total. The van der Waals surface area contributed by atoms with Crippen LogP contribution in [0.25, 0.3) is 0 Å². The molecule has 0 amide bonds. The van der Waals surface area contributed by atoms with E-state index in [9.17, 15) is 0 Å². The molecule has 1 heterocycles. The molecule has 0 saturated heterocycles. The van der Waals surface area contributed by atoms with E-state index in [1.165, 1.54) is 5.56 Å². The van der Waals surface area contributed by atoms with E-state index in [1.807, 2.05) is 25.1 Å². The summed E-state index contributed by atoms with van der Waals surface area (Å²) in [6.45, 7) is 4.94. The van der Waals surface area contributed by atoms with Crippen LogP contribution in [0.2, 0.25) is 0 Å². The number of rotatable bonds is 5. The van der Waals surface area contributed by atoms with Crippen LogP contribution in [0.3, 0.4) is 0 Å². The second-order valence-electron chi connectivity index (χ2n) is 4.20. The minimum absolute atomic E-state index is 0.256. The lowest BCUT2D eigenvalue weighted by Gasteiger charge is -2.09. The van der Waals surface area contributed by atoms with Gasteiger partial charge in [0, 0.05) is 18.3 Å². The zero-order chi connectivity index (χ0) is 13.7. The minimum atomic E-state index is 0.256. The fourth-order valence-corrected chi connectivity index (χ4v) is 1.77. The number of anilines is 4. The van der Waals surface area contributed by atoms with Crippen LogP contribution in [0, 0.1) is 0 Å². The van der Waals surface area contributed by atoms with E-state index in [0.29, 0.717) is 5.82 Å². The number of aromatic nitrogens is 2. The summed E-state index contributed by atoms with van der Waals surface area (Å²) >= 11 is 0. The van der Waals surface area contributed by atoms with Gasteiger partial charge in [-0.3, -0.25) is 0 Å². The van der Waals surface area contributed by atoms with Crippen LogP contribution >= 0.6 is 0 Å². The van der Waals surface area contributed by atoms with E-state index in [1.54, 1.807) is 0 Å². The normalized spacial score (nSPS) is 10.2. The zero-order valence-corrected chi connectivity index (χ0v) is 11.3. The Kier molecular flexibility index (Phi) is 4.18. The SMILES string of the molecule is CCNc1cc(Nc2ccc(CC)cc2)nc(N)n1. The van der Waals surface area contributed by atoms with Gasteiger partial charge in [0.1, 0.15) is 11.6 Å². The second-order valence-corrected chi connectivity index (χ2v) is 4.20. The second kappa shape index (κ2) is 6.04. The van der Waals surface area contributed by atoms with Gasteiger partial charge in [-0.25, -0.2) is 0 Å². The fourth-order valence-electron chi connectivity index (χ4n) is 1.77. The van der Waals surface area contributed by atoms with Gasteiger partial charge in [-0.2, -0.15) is 9.97 Å². The first-order valence-corrected chi connectivity index (χ1v) is 6.45. The maximum absolute atomic E-state index is 5.69. The summed E-state index contributed by atoms with van der Waals surface area (Å²) < 4.78 is 0. The third kappa shape index (κ3) is 3.58. The van der Waals surface area contributed by atoms with Crippen molar-refractivity contribution in [3.05, 3.63) is 35.9 Å². The Morgan fingerprint density at radius 3 is 2.37 bits per heavy atom.